The molecule has 76 valence electrons. The van der Waals surface area contributed by atoms with Crippen LogP contribution in [0.2, 0.25) is 0 Å². The molecule has 2 heteroatoms. The van der Waals surface area contributed by atoms with Crippen LogP contribution in [0.25, 0.3) is 0 Å². The molecule has 0 saturated carbocycles. The summed E-state index contributed by atoms with van der Waals surface area (Å²) in [7, 11) is 0. The van der Waals surface area contributed by atoms with Gasteiger partial charge in [0.15, 0.2) is 0 Å². The van der Waals surface area contributed by atoms with Gasteiger partial charge in [0.1, 0.15) is 0 Å². The molecule has 0 aromatic rings. The average molecular weight is 182 g/mol. The van der Waals surface area contributed by atoms with Gasteiger partial charge in [-0.05, 0) is 64.1 Å². The molecule has 2 nitrogen and oxygen atoms in total. The van der Waals surface area contributed by atoms with E-state index < -0.39 is 0 Å². The fourth-order valence-electron chi connectivity index (χ4n) is 2.99. The maximum atomic E-state index is 3.61. The number of nitrogens with one attached hydrogen (secondary N) is 2. The van der Waals surface area contributed by atoms with E-state index in [9.17, 15) is 0 Å². The van der Waals surface area contributed by atoms with E-state index in [0.717, 1.165) is 17.9 Å². The molecule has 2 atom stereocenters. The topological polar surface area (TPSA) is 24.1 Å². The van der Waals surface area contributed by atoms with Gasteiger partial charge in [0, 0.05) is 6.04 Å². The summed E-state index contributed by atoms with van der Waals surface area (Å²) in [5.74, 6) is 1.94. The van der Waals surface area contributed by atoms with Crippen molar-refractivity contribution in [2.24, 2.45) is 11.8 Å². The van der Waals surface area contributed by atoms with E-state index in [1.807, 2.05) is 0 Å². The normalized spacial score (nSPS) is 37.6. The van der Waals surface area contributed by atoms with Crippen LogP contribution >= 0.6 is 0 Å². The second kappa shape index (κ2) is 4.43. The quantitative estimate of drug-likeness (QED) is 0.640. The van der Waals surface area contributed by atoms with Crippen molar-refractivity contribution in [3.05, 3.63) is 0 Å². The standard InChI is InChI=1S/C11H22N2/c1-9-11(3-2-6-13-9)10-4-7-12-8-5-10/h9-13H,2-8H2,1H3. The minimum Gasteiger partial charge on any atom is -0.317 e. The Bertz CT molecular complexity index is 152. The average Bonchev–Trinajstić information content (AvgIpc) is 2.20. The van der Waals surface area contributed by atoms with Gasteiger partial charge >= 0.3 is 0 Å². The summed E-state index contributed by atoms with van der Waals surface area (Å²) < 4.78 is 0. The molecule has 0 aromatic carbocycles. The SMILES string of the molecule is CC1NCCCC1C1CCNCC1. The molecule has 2 rings (SSSR count). The lowest BCUT2D eigenvalue weighted by Gasteiger charge is -2.38. The molecule has 2 aliphatic rings. The Morgan fingerprint density at radius 3 is 2.46 bits per heavy atom. The van der Waals surface area contributed by atoms with E-state index in [-0.39, 0.29) is 0 Å². The maximum absolute atomic E-state index is 3.61. The highest BCUT2D eigenvalue weighted by Gasteiger charge is 2.29. The summed E-state index contributed by atoms with van der Waals surface area (Å²) in [6.45, 7) is 6.09. The fourth-order valence-corrected chi connectivity index (χ4v) is 2.99. The first-order valence-electron chi connectivity index (χ1n) is 5.82. The minimum atomic E-state index is 0.761. The number of hydrogen-bond acceptors (Lipinski definition) is 2. The van der Waals surface area contributed by atoms with Crippen molar-refractivity contribution >= 4 is 0 Å². The monoisotopic (exact) mass is 182 g/mol. The molecule has 2 heterocycles. The van der Waals surface area contributed by atoms with Crippen molar-refractivity contribution in [2.75, 3.05) is 19.6 Å². The first kappa shape index (κ1) is 9.47. The molecular weight excluding hydrogens is 160 g/mol. The maximum Gasteiger partial charge on any atom is 0.00696 e. The van der Waals surface area contributed by atoms with Gasteiger partial charge in [-0.1, -0.05) is 0 Å². The predicted molar refractivity (Wildman–Crippen MR) is 55.8 cm³/mol. The van der Waals surface area contributed by atoms with Crippen LogP contribution < -0.4 is 10.6 Å². The smallest absolute Gasteiger partial charge is 0.00696 e. The Morgan fingerprint density at radius 2 is 1.77 bits per heavy atom. The fraction of sp³-hybridized carbons (Fsp3) is 1.00. The third-order valence-electron chi connectivity index (χ3n) is 3.81. The molecule has 0 spiro atoms. The summed E-state index contributed by atoms with van der Waals surface area (Å²) >= 11 is 0. The zero-order valence-electron chi connectivity index (χ0n) is 8.68. The van der Waals surface area contributed by atoms with Crippen molar-refractivity contribution in [1.82, 2.24) is 10.6 Å². The second-order valence-corrected chi connectivity index (χ2v) is 4.64. The van der Waals surface area contributed by atoms with Gasteiger partial charge in [-0.2, -0.15) is 0 Å². The highest BCUT2D eigenvalue weighted by Crippen LogP contribution is 2.30. The third kappa shape index (κ3) is 2.23. The zero-order valence-corrected chi connectivity index (χ0v) is 8.68. The van der Waals surface area contributed by atoms with Crippen LogP contribution in [0.4, 0.5) is 0 Å². The van der Waals surface area contributed by atoms with Crippen molar-refractivity contribution in [2.45, 2.75) is 38.6 Å². The van der Waals surface area contributed by atoms with Gasteiger partial charge in [-0.15, -0.1) is 0 Å². The van der Waals surface area contributed by atoms with Gasteiger partial charge in [0.2, 0.25) is 0 Å². The van der Waals surface area contributed by atoms with Gasteiger partial charge in [0.05, 0.1) is 0 Å². The van der Waals surface area contributed by atoms with E-state index in [2.05, 4.69) is 17.6 Å². The molecule has 0 aromatic heterocycles. The molecule has 2 fully saturated rings. The van der Waals surface area contributed by atoms with Crippen LogP contribution in [0.3, 0.4) is 0 Å². The molecule has 0 radical (unpaired) electrons. The lowest BCUT2D eigenvalue weighted by molar-refractivity contribution is 0.173. The molecule has 2 N–H and O–H groups in total. The number of rotatable bonds is 1. The highest BCUT2D eigenvalue weighted by molar-refractivity contribution is 4.85. The highest BCUT2D eigenvalue weighted by atomic mass is 14.9. The van der Waals surface area contributed by atoms with Gasteiger partial charge in [-0.25, -0.2) is 0 Å². The van der Waals surface area contributed by atoms with E-state index in [1.54, 1.807) is 0 Å². The molecule has 0 bridgehead atoms. The van der Waals surface area contributed by atoms with Crippen LogP contribution in [-0.4, -0.2) is 25.7 Å². The molecule has 2 aliphatic heterocycles. The van der Waals surface area contributed by atoms with E-state index >= 15 is 0 Å². The second-order valence-electron chi connectivity index (χ2n) is 4.64. The van der Waals surface area contributed by atoms with Crippen molar-refractivity contribution < 1.29 is 0 Å². The molecule has 0 aliphatic carbocycles. The lowest BCUT2D eigenvalue weighted by Crippen LogP contribution is -2.44. The summed E-state index contributed by atoms with van der Waals surface area (Å²) in [5.41, 5.74) is 0. The van der Waals surface area contributed by atoms with Crippen molar-refractivity contribution in [3.63, 3.8) is 0 Å². The van der Waals surface area contributed by atoms with Gasteiger partial charge < -0.3 is 10.6 Å². The molecule has 13 heavy (non-hydrogen) atoms. The van der Waals surface area contributed by atoms with Crippen molar-refractivity contribution in [3.8, 4) is 0 Å². The first-order chi connectivity index (χ1) is 6.38. The molecule has 2 unspecified atom stereocenters. The largest absolute Gasteiger partial charge is 0.317 e. The van der Waals surface area contributed by atoms with Crippen LogP contribution in [0.15, 0.2) is 0 Å². The molecule has 2 saturated heterocycles. The summed E-state index contributed by atoms with van der Waals surface area (Å²) in [5, 5.41) is 7.06. The summed E-state index contributed by atoms with van der Waals surface area (Å²) in [6.07, 6.45) is 5.64. The van der Waals surface area contributed by atoms with E-state index in [1.165, 1.54) is 45.3 Å². The van der Waals surface area contributed by atoms with Crippen LogP contribution in [0.5, 0.6) is 0 Å². The number of piperidine rings is 2. The third-order valence-corrected chi connectivity index (χ3v) is 3.81. The lowest BCUT2D eigenvalue weighted by atomic mass is 9.76. The predicted octanol–water partition coefficient (Wildman–Crippen LogP) is 1.37. The minimum absolute atomic E-state index is 0.761. The van der Waals surface area contributed by atoms with Gasteiger partial charge in [-0.3, -0.25) is 0 Å². The summed E-state index contributed by atoms with van der Waals surface area (Å²) in [6, 6.07) is 0.761. The Labute approximate surface area is 81.5 Å². The van der Waals surface area contributed by atoms with Crippen LogP contribution in [0, 0.1) is 11.8 Å². The van der Waals surface area contributed by atoms with E-state index in [0.29, 0.717) is 0 Å². The van der Waals surface area contributed by atoms with Gasteiger partial charge in [0.25, 0.3) is 0 Å². The Kier molecular flexibility index (Phi) is 3.23. The van der Waals surface area contributed by atoms with E-state index in [4.69, 9.17) is 0 Å². The van der Waals surface area contributed by atoms with Crippen LogP contribution in [-0.2, 0) is 0 Å². The zero-order chi connectivity index (χ0) is 9.10. The first-order valence-corrected chi connectivity index (χ1v) is 5.82. The Balaban J connectivity index is 1.88. The molecular formula is C11H22N2. The number of hydrogen-bond donors (Lipinski definition) is 2. The molecule has 0 amide bonds. The Morgan fingerprint density at radius 1 is 1.00 bits per heavy atom. The summed E-state index contributed by atoms with van der Waals surface area (Å²) in [4.78, 5) is 0. The van der Waals surface area contributed by atoms with Crippen molar-refractivity contribution in [1.29, 1.82) is 0 Å². The Hall–Kier alpha value is -0.0800. The van der Waals surface area contributed by atoms with Crippen LogP contribution in [0.1, 0.15) is 32.6 Å².